The Labute approximate surface area is 137 Å². The number of aliphatic hydroxyl groups excluding tert-OH is 1. The fourth-order valence-electron chi connectivity index (χ4n) is 2.74. The lowest BCUT2D eigenvalue weighted by atomic mass is 9.95. The molecule has 0 aliphatic carbocycles. The minimum Gasteiger partial charge on any atom is -0.386 e. The molecule has 2 heteroatoms. The smallest absolute Gasteiger partial charge is 0.0984 e. The number of hydrogen-bond donors (Lipinski definition) is 2. The summed E-state index contributed by atoms with van der Waals surface area (Å²) in [6.45, 7) is 0.713. The fourth-order valence-corrected chi connectivity index (χ4v) is 2.74. The van der Waals surface area contributed by atoms with Gasteiger partial charge < -0.3 is 10.4 Å². The second-order valence-corrected chi connectivity index (χ2v) is 5.61. The maximum atomic E-state index is 10.8. The van der Waals surface area contributed by atoms with E-state index in [1.807, 2.05) is 66.7 Å². The quantitative estimate of drug-likeness (QED) is 0.713. The molecule has 0 aliphatic rings. The van der Waals surface area contributed by atoms with Gasteiger partial charge in [0.25, 0.3) is 0 Å². The molecule has 0 radical (unpaired) electrons. The fraction of sp³-hybridized carbons (Fsp3) is 0.143. The van der Waals surface area contributed by atoms with Gasteiger partial charge in [0.2, 0.25) is 0 Å². The van der Waals surface area contributed by atoms with E-state index in [0.717, 1.165) is 11.1 Å². The van der Waals surface area contributed by atoms with Gasteiger partial charge in [0.05, 0.1) is 12.1 Å². The van der Waals surface area contributed by atoms with Gasteiger partial charge in [-0.1, -0.05) is 91.0 Å². The summed E-state index contributed by atoms with van der Waals surface area (Å²) in [5.41, 5.74) is 3.20. The normalized spacial score (nSPS) is 13.4. The molecule has 2 atom stereocenters. The highest BCUT2D eigenvalue weighted by atomic mass is 16.3. The van der Waals surface area contributed by atoms with Crippen LogP contribution < -0.4 is 5.32 Å². The van der Waals surface area contributed by atoms with Crippen LogP contribution in [0.15, 0.2) is 91.0 Å². The molecular formula is C21H21NO. The van der Waals surface area contributed by atoms with Gasteiger partial charge in [0, 0.05) is 6.54 Å². The van der Waals surface area contributed by atoms with Crippen LogP contribution >= 0.6 is 0 Å². The van der Waals surface area contributed by atoms with E-state index in [2.05, 4.69) is 29.6 Å². The Morgan fingerprint density at radius 2 is 1.13 bits per heavy atom. The third kappa shape index (κ3) is 4.07. The van der Waals surface area contributed by atoms with Crippen LogP contribution in [0, 0.1) is 0 Å². The van der Waals surface area contributed by atoms with Crippen molar-refractivity contribution in [1.82, 2.24) is 5.32 Å². The van der Waals surface area contributed by atoms with Crippen LogP contribution in [0.3, 0.4) is 0 Å². The standard InChI is InChI=1S/C21H21NO/c23-21(19-14-8-3-9-15-19)20(18-12-6-2-7-13-18)22-16-17-10-4-1-5-11-17/h1-15,20-23H,16H2/t20-,21-/m0/s1. The Bertz CT molecular complexity index is 698. The van der Waals surface area contributed by atoms with Crippen molar-refractivity contribution in [3.05, 3.63) is 108 Å². The molecule has 3 aromatic carbocycles. The monoisotopic (exact) mass is 303 g/mol. The highest BCUT2D eigenvalue weighted by Gasteiger charge is 2.22. The summed E-state index contributed by atoms with van der Waals surface area (Å²) < 4.78 is 0. The molecule has 0 spiro atoms. The zero-order valence-corrected chi connectivity index (χ0v) is 13.0. The molecule has 0 saturated carbocycles. The lowest BCUT2D eigenvalue weighted by Crippen LogP contribution is -2.27. The average molecular weight is 303 g/mol. The van der Waals surface area contributed by atoms with Crippen molar-refractivity contribution >= 4 is 0 Å². The van der Waals surface area contributed by atoms with Crippen molar-refractivity contribution in [3.8, 4) is 0 Å². The largest absolute Gasteiger partial charge is 0.386 e. The first-order valence-electron chi connectivity index (χ1n) is 7.90. The van der Waals surface area contributed by atoms with Crippen LogP contribution in [-0.4, -0.2) is 5.11 Å². The summed E-state index contributed by atoms with van der Waals surface area (Å²) in [5, 5.41) is 14.3. The van der Waals surface area contributed by atoms with E-state index < -0.39 is 6.10 Å². The van der Waals surface area contributed by atoms with E-state index in [4.69, 9.17) is 0 Å². The summed E-state index contributed by atoms with van der Waals surface area (Å²) in [7, 11) is 0. The van der Waals surface area contributed by atoms with Crippen LogP contribution in [0.5, 0.6) is 0 Å². The number of benzene rings is 3. The summed E-state index contributed by atoms with van der Waals surface area (Å²) in [6.07, 6.45) is -0.595. The van der Waals surface area contributed by atoms with Gasteiger partial charge in [-0.2, -0.15) is 0 Å². The Hall–Kier alpha value is -2.42. The topological polar surface area (TPSA) is 32.3 Å². The third-order valence-electron chi connectivity index (χ3n) is 3.98. The molecular weight excluding hydrogens is 282 g/mol. The lowest BCUT2D eigenvalue weighted by Gasteiger charge is -2.25. The molecule has 3 aromatic rings. The van der Waals surface area contributed by atoms with Crippen molar-refractivity contribution in [2.24, 2.45) is 0 Å². The predicted molar refractivity (Wildman–Crippen MR) is 93.9 cm³/mol. The lowest BCUT2D eigenvalue weighted by molar-refractivity contribution is 0.127. The molecule has 0 fully saturated rings. The Morgan fingerprint density at radius 1 is 0.652 bits per heavy atom. The SMILES string of the molecule is O[C@@H](c1ccccc1)[C@@H](NCc1ccccc1)c1ccccc1. The van der Waals surface area contributed by atoms with Crippen LogP contribution in [0.2, 0.25) is 0 Å². The second-order valence-electron chi connectivity index (χ2n) is 5.61. The molecule has 2 nitrogen and oxygen atoms in total. The molecule has 0 unspecified atom stereocenters. The van der Waals surface area contributed by atoms with E-state index in [0.29, 0.717) is 6.54 Å². The summed E-state index contributed by atoms with van der Waals surface area (Å²) in [4.78, 5) is 0. The number of hydrogen-bond acceptors (Lipinski definition) is 2. The maximum absolute atomic E-state index is 10.8. The van der Waals surface area contributed by atoms with E-state index in [1.54, 1.807) is 0 Å². The zero-order valence-electron chi connectivity index (χ0n) is 13.0. The second kappa shape index (κ2) is 7.73. The molecule has 0 bridgehead atoms. The first-order valence-corrected chi connectivity index (χ1v) is 7.90. The van der Waals surface area contributed by atoms with E-state index in [9.17, 15) is 5.11 Å². The molecule has 0 saturated heterocycles. The highest BCUT2D eigenvalue weighted by Crippen LogP contribution is 2.28. The number of rotatable bonds is 6. The molecule has 116 valence electrons. The summed E-state index contributed by atoms with van der Waals surface area (Å²) in [6, 6.07) is 30.0. The van der Waals surface area contributed by atoms with Crippen molar-refractivity contribution < 1.29 is 5.11 Å². The highest BCUT2D eigenvalue weighted by molar-refractivity contribution is 5.26. The van der Waals surface area contributed by atoms with Gasteiger partial charge in [0.1, 0.15) is 0 Å². The molecule has 0 aliphatic heterocycles. The predicted octanol–water partition coefficient (Wildman–Crippen LogP) is 4.25. The Morgan fingerprint density at radius 3 is 1.70 bits per heavy atom. The summed E-state index contributed by atoms with van der Waals surface area (Å²) in [5.74, 6) is 0. The zero-order chi connectivity index (χ0) is 15.9. The van der Waals surface area contributed by atoms with Crippen molar-refractivity contribution in [2.75, 3.05) is 0 Å². The minimum atomic E-state index is -0.595. The Kier molecular flexibility index (Phi) is 5.20. The average Bonchev–Trinajstić information content (AvgIpc) is 2.64. The van der Waals surface area contributed by atoms with Gasteiger partial charge in [-0.3, -0.25) is 0 Å². The van der Waals surface area contributed by atoms with E-state index in [-0.39, 0.29) is 6.04 Å². The molecule has 23 heavy (non-hydrogen) atoms. The Balaban J connectivity index is 1.82. The first kappa shape index (κ1) is 15.5. The van der Waals surface area contributed by atoms with Crippen LogP contribution in [0.1, 0.15) is 28.8 Å². The number of aliphatic hydroxyl groups is 1. The van der Waals surface area contributed by atoms with E-state index >= 15 is 0 Å². The number of nitrogens with one attached hydrogen (secondary N) is 1. The van der Waals surface area contributed by atoms with Crippen LogP contribution in [0.25, 0.3) is 0 Å². The van der Waals surface area contributed by atoms with Gasteiger partial charge >= 0.3 is 0 Å². The third-order valence-corrected chi connectivity index (χ3v) is 3.98. The van der Waals surface area contributed by atoms with Gasteiger partial charge in [-0.25, -0.2) is 0 Å². The van der Waals surface area contributed by atoms with Crippen molar-refractivity contribution in [2.45, 2.75) is 18.7 Å². The van der Waals surface area contributed by atoms with Gasteiger partial charge in [-0.15, -0.1) is 0 Å². The molecule has 0 aromatic heterocycles. The minimum absolute atomic E-state index is 0.154. The van der Waals surface area contributed by atoms with Crippen LogP contribution in [-0.2, 0) is 6.54 Å². The molecule has 0 heterocycles. The van der Waals surface area contributed by atoms with Crippen LogP contribution in [0.4, 0.5) is 0 Å². The first-order chi connectivity index (χ1) is 11.3. The molecule has 2 N–H and O–H groups in total. The van der Waals surface area contributed by atoms with Gasteiger partial charge in [-0.05, 0) is 16.7 Å². The summed E-state index contributed by atoms with van der Waals surface area (Å²) >= 11 is 0. The molecule has 3 rings (SSSR count). The van der Waals surface area contributed by atoms with Gasteiger partial charge in [0.15, 0.2) is 0 Å². The van der Waals surface area contributed by atoms with Crippen molar-refractivity contribution in [1.29, 1.82) is 0 Å². The van der Waals surface area contributed by atoms with Crippen molar-refractivity contribution in [3.63, 3.8) is 0 Å². The molecule has 0 amide bonds. The van der Waals surface area contributed by atoms with E-state index in [1.165, 1.54) is 5.56 Å². The maximum Gasteiger partial charge on any atom is 0.0984 e.